The molecule has 0 aliphatic carbocycles. The van der Waals surface area contributed by atoms with Crippen LogP contribution in [0.4, 0.5) is 0 Å². The van der Waals surface area contributed by atoms with E-state index >= 15 is 0 Å². The van der Waals surface area contributed by atoms with Gasteiger partial charge in [0.05, 0.1) is 11.6 Å². The number of hydrogen-bond acceptors (Lipinski definition) is 5. The van der Waals surface area contributed by atoms with Gasteiger partial charge in [0.25, 0.3) is 0 Å². The van der Waals surface area contributed by atoms with Gasteiger partial charge < -0.3 is 16.0 Å². The molecule has 27 heavy (non-hydrogen) atoms. The van der Waals surface area contributed by atoms with Crippen LogP contribution < -0.4 is 11.1 Å². The van der Waals surface area contributed by atoms with Gasteiger partial charge in [-0.05, 0) is 30.5 Å². The zero-order valence-electron chi connectivity index (χ0n) is 15.2. The van der Waals surface area contributed by atoms with Gasteiger partial charge in [-0.3, -0.25) is 9.59 Å². The first-order chi connectivity index (χ1) is 12.5. The maximum Gasteiger partial charge on any atom is 0.225 e. The SMILES string of the molecule is CC(=O)N1C[C@@H](N)CC[C@@H](C(=O)NCc2ccc(-n3cncn3)cc2)C1.Cl. The Bertz CT molecular complexity index is 750. The van der Waals surface area contributed by atoms with Gasteiger partial charge in [0.1, 0.15) is 12.7 Å². The van der Waals surface area contributed by atoms with Crippen LogP contribution in [0, 0.1) is 5.92 Å². The molecule has 0 bridgehead atoms. The van der Waals surface area contributed by atoms with E-state index in [0.717, 1.165) is 17.7 Å². The molecule has 1 aromatic heterocycles. The first-order valence-corrected chi connectivity index (χ1v) is 8.75. The smallest absolute Gasteiger partial charge is 0.225 e. The molecule has 3 rings (SSSR count). The van der Waals surface area contributed by atoms with Crippen LogP contribution in [0.15, 0.2) is 36.9 Å². The van der Waals surface area contributed by atoms with Crippen molar-refractivity contribution in [2.75, 3.05) is 13.1 Å². The lowest BCUT2D eigenvalue weighted by Gasteiger charge is -2.23. The molecule has 2 atom stereocenters. The number of carbonyl (C=O) groups excluding carboxylic acids is 2. The van der Waals surface area contributed by atoms with E-state index in [1.54, 1.807) is 15.9 Å². The van der Waals surface area contributed by atoms with Crippen LogP contribution in [0.3, 0.4) is 0 Å². The highest BCUT2D eigenvalue weighted by atomic mass is 35.5. The largest absolute Gasteiger partial charge is 0.352 e. The standard InChI is InChI=1S/C18H24N6O2.ClH/c1-13(25)23-9-15(4-5-16(19)10-23)18(26)21-8-14-2-6-17(7-3-14)24-12-20-11-22-24;/h2-3,6-7,11-12,15-16H,4-5,8-10,19H2,1H3,(H,21,26);1H/t15-,16+;/m1./s1. The molecule has 1 fully saturated rings. The molecule has 1 aromatic carbocycles. The van der Waals surface area contributed by atoms with Crippen molar-refractivity contribution in [2.45, 2.75) is 32.4 Å². The highest BCUT2D eigenvalue weighted by Crippen LogP contribution is 2.17. The number of rotatable bonds is 4. The highest BCUT2D eigenvalue weighted by Gasteiger charge is 2.28. The molecule has 9 heteroatoms. The molecule has 2 aromatic rings. The molecule has 1 saturated heterocycles. The Hall–Kier alpha value is -2.45. The lowest BCUT2D eigenvalue weighted by atomic mass is 10.0. The number of amides is 2. The number of nitrogens with one attached hydrogen (secondary N) is 1. The molecule has 0 spiro atoms. The Kier molecular flexibility index (Phi) is 7.32. The van der Waals surface area contributed by atoms with Crippen molar-refractivity contribution in [1.29, 1.82) is 0 Å². The molecule has 0 unspecified atom stereocenters. The van der Waals surface area contributed by atoms with Crippen LogP contribution >= 0.6 is 12.4 Å². The molecule has 1 aliphatic rings. The number of likely N-dealkylation sites (tertiary alicyclic amines) is 1. The van der Waals surface area contributed by atoms with Crippen molar-refractivity contribution in [3.8, 4) is 5.69 Å². The van der Waals surface area contributed by atoms with Crippen LogP contribution in [-0.4, -0.2) is 50.6 Å². The van der Waals surface area contributed by atoms with E-state index in [9.17, 15) is 9.59 Å². The predicted octanol–water partition coefficient (Wildman–Crippen LogP) is 0.891. The highest BCUT2D eigenvalue weighted by molar-refractivity contribution is 5.85. The van der Waals surface area contributed by atoms with Crippen molar-refractivity contribution < 1.29 is 9.59 Å². The van der Waals surface area contributed by atoms with Gasteiger partial charge in [0.15, 0.2) is 0 Å². The molecular formula is C18H25ClN6O2. The van der Waals surface area contributed by atoms with Gasteiger partial charge in [-0.2, -0.15) is 5.10 Å². The third-order valence-corrected chi connectivity index (χ3v) is 4.68. The van der Waals surface area contributed by atoms with Crippen molar-refractivity contribution in [2.24, 2.45) is 11.7 Å². The first kappa shape index (κ1) is 20.9. The van der Waals surface area contributed by atoms with E-state index < -0.39 is 0 Å². The molecule has 1 aliphatic heterocycles. The predicted molar refractivity (Wildman–Crippen MR) is 103 cm³/mol. The van der Waals surface area contributed by atoms with E-state index in [2.05, 4.69) is 15.4 Å². The Morgan fingerprint density at radius 3 is 2.59 bits per heavy atom. The fourth-order valence-corrected chi connectivity index (χ4v) is 3.13. The maximum absolute atomic E-state index is 12.5. The number of hydrogen-bond donors (Lipinski definition) is 2. The number of nitrogens with zero attached hydrogens (tertiary/aromatic N) is 4. The average Bonchev–Trinajstić information content (AvgIpc) is 3.09. The topological polar surface area (TPSA) is 106 Å². The zero-order valence-corrected chi connectivity index (χ0v) is 16.1. The maximum atomic E-state index is 12.5. The van der Waals surface area contributed by atoms with Crippen molar-refractivity contribution in [3.05, 3.63) is 42.5 Å². The second kappa shape index (κ2) is 9.48. The van der Waals surface area contributed by atoms with E-state index in [1.165, 1.54) is 13.3 Å². The zero-order chi connectivity index (χ0) is 18.5. The first-order valence-electron chi connectivity index (χ1n) is 8.75. The normalized spacial score (nSPS) is 19.7. The molecule has 0 radical (unpaired) electrons. The average molecular weight is 393 g/mol. The number of nitrogens with two attached hydrogens (primary N) is 1. The Labute approximate surface area is 164 Å². The Morgan fingerprint density at radius 1 is 1.22 bits per heavy atom. The van der Waals surface area contributed by atoms with Crippen molar-refractivity contribution in [1.82, 2.24) is 25.0 Å². The summed E-state index contributed by atoms with van der Waals surface area (Å²) >= 11 is 0. The van der Waals surface area contributed by atoms with Gasteiger partial charge in [0, 0.05) is 32.6 Å². The number of aromatic nitrogens is 3. The van der Waals surface area contributed by atoms with Crippen molar-refractivity contribution in [3.63, 3.8) is 0 Å². The van der Waals surface area contributed by atoms with Crippen LogP contribution in [0.2, 0.25) is 0 Å². The minimum absolute atomic E-state index is 0. The van der Waals surface area contributed by atoms with Gasteiger partial charge in [-0.25, -0.2) is 9.67 Å². The molecule has 146 valence electrons. The fraction of sp³-hybridized carbons (Fsp3) is 0.444. The molecule has 0 saturated carbocycles. The van der Waals surface area contributed by atoms with Crippen LogP contribution in [-0.2, 0) is 16.1 Å². The third-order valence-electron chi connectivity index (χ3n) is 4.68. The summed E-state index contributed by atoms with van der Waals surface area (Å²) in [6.07, 6.45) is 4.56. The van der Waals surface area contributed by atoms with Gasteiger partial charge in [-0.1, -0.05) is 12.1 Å². The summed E-state index contributed by atoms with van der Waals surface area (Å²) in [4.78, 5) is 29.8. The lowest BCUT2D eigenvalue weighted by molar-refractivity contribution is -0.131. The second-order valence-corrected chi connectivity index (χ2v) is 6.68. The Morgan fingerprint density at radius 2 is 1.96 bits per heavy atom. The molecule has 8 nitrogen and oxygen atoms in total. The second-order valence-electron chi connectivity index (χ2n) is 6.68. The summed E-state index contributed by atoms with van der Waals surface area (Å²) in [7, 11) is 0. The molecule has 2 heterocycles. The third kappa shape index (κ3) is 5.51. The van der Waals surface area contributed by atoms with Crippen LogP contribution in [0.25, 0.3) is 5.69 Å². The van der Waals surface area contributed by atoms with Crippen LogP contribution in [0.5, 0.6) is 0 Å². The van der Waals surface area contributed by atoms with Crippen LogP contribution in [0.1, 0.15) is 25.3 Å². The van der Waals surface area contributed by atoms with E-state index in [0.29, 0.717) is 26.1 Å². The number of halogens is 1. The van der Waals surface area contributed by atoms with E-state index in [1.807, 2.05) is 24.3 Å². The molecular weight excluding hydrogens is 368 g/mol. The Balaban J connectivity index is 0.00000261. The van der Waals surface area contributed by atoms with Crippen molar-refractivity contribution >= 4 is 24.2 Å². The number of carbonyl (C=O) groups is 2. The fourth-order valence-electron chi connectivity index (χ4n) is 3.13. The minimum Gasteiger partial charge on any atom is -0.352 e. The number of benzene rings is 1. The molecule has 3 N–H and O–H groups in total. The summed E-state index contributed by atoms with van der Waals surface area (Å²) in [6, 6.07) is 7.68. The lowest BCUT2D eigenvalue weighted by Crippen LogP contribution is -2.42. The summed E-state index contributed by atoms with van der Waals surface area (Å²) in [5.41, 5.74) is 7.91. The summed E-state index contributed by atoms with van der Waals surface area (Å²) in [6.45, 7) is 2.91. The quantitative estimate of drug-likeness (QED) is 0.803. The summed E-state index contributed by atoms with van der Waals surface area (Å²) in [5.74, 6) is -0.295. The van der Waals surface area contributed by atoms with Gasteiger partial charge >= 0.3 is 0 Å². The summed E-state index contributed by atoms with van der Waals surface area (Å²) in [5, 5.41) is 7.05. The minimum atomic E-state index is -0.220. The molecule has 2 amide bonds. The van der Waals surface area contributed by atoms with Gasteiger partial charge in [0.2, 0.25) is 11.8 Å². The van der Waals surface area contributed by atoms with Gasteiger partial charge in [-0.15, -0.1) is 12.4 Å². The summed E-state index contributed by atoms with van der Waals surface area (Å²) < 4.78 is 1.67. The van der Waals surface area contributed by atoms with E-state index in [-0.39, 0.29) is 36.2 Å². The monoisotopic (exact) mass is 392 g/mol. The van der Waals surface area contributed by atoms with E-state index in [4.69, 9.17) is 5.73 Å².